The lowest BCUT2D eigenvalue weighted by Crippen LogP contribution is -2.59. The van der Waals surface area contributed by atoms with Crippen LogP contribution >= 0.6 is 0 Å². The van der Waals surface area contributed by atoms with Crippen molar-refractivity contribution in [3.05, 3.63) is 35.4 Å². The highest BCUT2D eigenvalue weighted by atomic mass is 16.2. The zero-order valence-electron chi connectivity index (χ0n) is 22.2. The second-order valence-electron chi connectivity index (χ2n) is 12.1. The summed E-state index contributed by atoms with van der Waals surface area (Å²) in [4.78, 5) is 32.0. The van der Waals surface area contributed by atoms with Crippen LogP contribution in [0.2, 0.25) is 0 Å². The van der Waals surface area contributed by atoms with Crippen molar-refractivity contribution in [3.8, 4) is 0 Å². The molecule has 0 aromatic heterocycles. The van der Waals surface area contributed by atoms with Crippen LogP contribution in [0.4, 0.5) is 0 Å². The second kappa shape index (κ2) is 11.6. The normalized spacial score (nSPS) is 29.8. The highest BCUT2D eigenvalue weighted by molar-refractivity contribution is 5.97. The Morgan fingerprint density at radius 3 is 2.28 bits per heavy atom. The van der Waals surface area contributed by atoms with E-state index in [4.69, 9.17) is 5.73 Å². The van der Waals surface area contributed by atoms with Gasteiger partial charge in [-0.05, 0) is 89.2 Å². The summed E-state index contributed by atoms with van der Waals surface area (Å²) in [6.07, 6.45) is 14.9. The Balaban J connectivity index is 1.32. The van der Waals surface area contributed by atoms with Gasteiger partial charge >= 0.3 is 0 Å². The number of hydrogen-bond acceptors (Lipinski definition) is 4. The molecule has 1 aromatic carbocycles. The predicted octanol–water partition coefficient (Wildman–Crippen LogP) is 4.40. The van der Waals surface area contributed by atoms with Crippen LogP contribution in [-0.4, -0.2) is 64.9 Å². The van der Waals surface area contributed by atoms with Gasteiger partial charge in [0, 0.05) is 42.8 Å². The quantitative estimate of drug-likeness (QED) is 0.589. The summed E-state index contributed by atoms with van der Waals surface area (Å²) in [5.74, 6) is 0.823. The van der Waals surface area contributed by atoms with Gasteiger partial charge in [-0.25, -0.2) is 0 Å². The van der Waals surface area contributed by atoms with Gasteiger partial charge in [-0.15, -0.1) is 0 Å². The van der Waals surface area contributed by atoms with Crippen molar-refractivity contribution in [2.24, 2.45) is 11.7 Å². The maximum absolute atomic E-state index is 13.7. The molecule has 36 heavy (non-hydrogen) atoms. The molecule has 6 heteroatoms. The zero-order valence-corrected chi connectivity index (χ0v) is 22.2. The van der Waals surface area contributed by atoms with Crippen molar-refractivity contribution >= 4 is 11.8 Å². The maximum Gasteiger partial charge on any atom is 0.254 e. The average Bonchev–Trinajstić information content (AvgIpc) is 3.74. The molecule has 1 unspecified atom stereocenters. The van der Waals surface area contributed by atoms with Crippen molar-refractivity contribution in [1.82, 2.24) is 15.1 Å². The van der Waals surface area contributed by atoms with Gasteiger partial charge in [-0.3, -0.25) is 14.5 Å². The van der Waals surface area contributed by atoms with Crippen LogP contribution in [0.1, 0.15) is 99.4 Å². The molecular formula is C30H46N4O2. The Morgan fingerprint density at radius 1 is 0.917 bits per heavy atom. The number of carbonyl (C=O) groups is 2. The molecule has 198 valence electrons. The Hall–Kier alpha value is -1.92. The summed E-state index contributed by atoms with van der Waals surface area (Å²) >= 11 is 0. The number of nitrogens with one attached hydrogen (secondary N) is 1. The number of nitrogens with zero attached hydrogens (tertiary/aromatic N) is 2. The van der Waals surface area contributed by atoms with Gasteiger partial charge in [0.05, 0.1) is 0 Å². The SMILES string of the molecule is Cc1ccc(C(=O)N2CCC(N(CC3CCCCC3)C3CC3)C[C@@H]2C(=O)NC2CCC(N)CC2)cc1. The van der Waals surface area contributed by atoms with E-state index in [1.165, 1.54) is 51.5 Å². The summed E-state index contributed by atoms with van der Waals surface area (Å²) in [5, 5.41) is 3.33. The van der Waals surface area contributed by atoms with Crippen LogP contribution in [-0.2, 0) is 4.79 Å². The molecule has 0 bridgehead atoms. The van der Waals surface area contributed by atoms with Gasteiger partial charge in [0.15, 0.2) is 0 Å². The molecule has 1 aromatic rings. The molecule has 1 aliphatic heterocycles. The first-order valence-electron chi connectivity index (χ1n) is 14.7. The van der Waals surface area contributed by atoms with Gasteiger partial charge in [0.25, 0.3) is 5.91 Å². The maximum atomic E-state index is 13.7. The first-order chi connectivity index (χ1) is 17.5. The summed E-state index contributed by atoms with van der Waals surface area (Å²) in [5.41, 5.74) is 7.92. The molecule has 3 aliphatic carbocycles. The molecule has 3 saturated carbocycles. The number of aryl methyl sites for hydroxylation is 1. The molecule has 4 aliphatic rings. The van der Waals surface area contributed by atoms with E-state index < -0.39 is 6.04 Å². The number of piperidine rings is 1. The van der Waals surface area contributed by atoms with Gasteiger partial charge < -0.3 is 16.0 Å². The van der Waals surface area contributed by atoms with Gasteiger partial charge in [0.2, 0.25) is 5.91 Å². The number of nitrogens with two attached hydrogens (primary N) is 1. The Bertz CT molecular complexity index is 885. The van der Waals surface area contributed by atoms with Crippen LogP contribution in [0.3, 0.4) is 0 Å². The van der Waals surface area contributed by atoms with Crippen molar-refractivity contribution in [2.45, 2.75) is 121 Å². The fraction of sp³-hybridized carbons (Fsp3) is 0.733. The molecule has 1 saturated heterocycles. The summed E-state index contributed by atoms with van der Waals surface area (Å²) < 4.78 is 0. The van der Waals surface area contributed by atoms with Crippen molar-refractivity contribution in [1.29, 1.82) is 0 Å². The first-order valence-corrected chi connectivity index (χ1v) is 14.7. The molecule has 4 fully saturated rings. The van der Waals surface area contributed by atoms with Crippen LogP contribution in [0.5, 0.6) is 0 Å². The minimum Gasteiger partial charge on any atom is -0.352 e. The average molecular weight is 495 g/mol. The number of rotatable bonds is 7. The third-order valence-electron chi connectivity index (χ3n) is 9.23. The molecule has 2 amide bonds. The van der Waals surface area contributed by atoms with Crippen molar-refractivity contribution < 1.29 is 9.59 Å². The monoisotopic (exact) mass is 494 g/mol. The van der Waals surface area contributed by atoms with Crippen LogP contribution in [0.25, 0.3) is 0 Å². The van der Waals surface area contributed by atoms with Crippen LogP contribution < -0.4 is 11.1 Å². The number of benzene rings is 1. The van der Waals surface area contributed by atoms with Gasteiger partial charge in [0.1, 0.15) is 6.04 Å². The lowest BCUT2D eigenvalue weighted by molar-refractivity contribution is -0.128. The standard InChI is InChI=1S/C30H46N4O2/c1-21-7-9-23(10-8-21)30(36)33-18-17-27(34(26-15-16-26)20-22-5-3-2-4-6-22)19-28(33)29(35)32-25-13-11-24(31)12-14-25/h7-10,22,24-28H,2-6,11-20,31H2,1H3,(H,32,35)/t24?,25?,27?,28-/m1/s1. The fourth-order valence-corrected chi connectivity index (χ4v) is 6.83. The molecule has 0 radical (unpaired) electrons. The van der Waals surface area contributed by atoms with Gasteiger partial charge in [-0.2, -0.15) is 0 Å². The lowest BCUT2D eigenvalue weighted by atomic mass is 9.87. The van der Waals surface area contributed by atoms with E-state index in [-0.39, 0.29) is 23.9 Å². The Kier molecular flexibility index (Phi) is 8.32. The number of carbonyl (C=O) groups excluding carboxylic acids is 2. The molecule has 3 N–H and O–H groups in total. The third-order valence-corrected chi connectivity index (χ3v) is 9.23. The van der Waals surface area contributed by atoms with Crippen LogP contribution in [0, 0.1) is 12.8 Å². The minimum absolute atomic E-state index is 0.00970. The van der Waals surface area contributed by atoms with E-state index in [9.17, 15) is 9.59 Å². The topological polar surface area (TPSA) is 78.7 Å². The molecular weight excluding hydrogens is 448 g/mol. The highest BCUT2D eigenvalue weighted by Crippen LogP contribution is 2.36. The van der Waals surface area contributed by atoms with Crippen LogP contribution in [0.15, 0.2) is 24.3 Å². The largest absolute Gasteiger partial charge is 0.352 e. The molecule has 2 atom stereocenters. The number of hydrogen-bond donors (Lipinski definition) is 2. The van der Waals surface area contributed by atoms with E-state index in [1.807, 2.05) is 36.1 Å². The zero-order chi connectivity index (χ0) is 25.1. The third kappa shape index (κ3) is 6.31. The van der Waals surface area contributed by atoms with E-state index in [0.717, 1.165) is 50.0 Å². The summed E-state index contributed by atoms with van der Waals surface area (Å²) in [7, 11) is 0. The Morgan fingerprint density at radius 2 is 1.61 bits per heavy atom. The number of amides is 2. The lowest BCUT2D eigenvalue weighted by Gasteiger charge is -2.44. The van der Waals surface area contributed by atoms with Gasteiger partial charge in [-0.1, -0.05) is 37.0 Å². The molecule has 5 rings (SSSR count). The molecule has 1 heterocycles. The van der Waals surface area contributed by atoms with E-state index >= 15 is 0 Å². The molecule has 0 spiro atoms. The van der Waals surface area contributed by atoms with Crippen molar-refractivity contribution in [2.75, 3.05) is 13.1 Å². The predicted molar refractivity (Wildman–Crippen MR) is 144 cm³/mol. The number of likely N-dealkylation sites (tertiary alicyclic amines) is 1. The molecule has 6 nitrogen and oxygen atoms in total. The fourth-order valence-electron chi connectivity index (χ4n) is 6.83. The smallest absolute Gasteiger partial charge is 0.254 e. The Labute approximate surface area is 217 Å². The van der Waals surface area contributed by atoms with E-state index in [2.05, 4.69) is 10.2 Å². The first kappa shape index (κ1) is 25.7. The summed E-state index contributed by atoms with van der Waals surface area (Å²) in [6, 6.07) is 8.87. The van der Waals surface area contributed by atoms with E-state index in [0.29, 0.717) is 24.2 Å². The highest BCUT2D eigenvalue weighted by Gasteiger charge is 2.43. The minimum atomic E-state index is -0.402. The second-order valence-corrected chi connectivity index (χ2v) is 12.1. The van der Waals surface area contributed by atoms with E-state index in [1.54, 1.807) is 0 Å². The summed E-state index contributed by atoms with van der Waals surface area (Å²) in [6.45, 7) is 3.86. The van der Waals surface area contributed by atoms with Crippen molar-refractivity contribution in [3.63, 3.8) is 0 Å².